The SMILES string of the molecule is CCC(C)c1ccc(C)cc1.Cc1ccc(C)cc1. The average molecular weight is 254 g/mol. The van der Waals surface area contributed by atoms with Gasteiger partial charge in [0.2, 0.25) is 0 Å². The van der Waals surface area contributed by atoms with Crippen molar-refractivity contribution in [2.45, 2.75) is 47.0 Å². The smallest absolute Gasteiger partial charge is 0.0193 e. The molecule has 0 fully saturated rings. The molecule has 0 radical (unpaired) electrons. The summed E-state index contributed by atoms with van der Waals surface area (Å²) in [5.74, 6) is 0.704. The van der Waals surface area contributed by atoms with Crippen LogP contribution in [-0.2, 0) is 0 Å². The first-order chi connectivity index (χ1) is 9.02. The van der Waals surface area contributed by atoms with Gasteiger partial charge in [0.15, 0.2) is 0 Å². The van der Waals surface area contributed by atoms with Gasteiger partial charge in [0.05, 0.1) is 0 Å². The van der Waals surface area contributed by atoms with Crippen molar-refractivity contribution in [2.24, 2.45) is 0 Å². The lowest BCUT2D eigenvalue weighted by Gasteiger charge is -2.07. The molecule has 0 bridgehead atoms. The second-order valence-electron chi connectivity index (χ2n) is 5.37. The summed E-state index contributed by atoms with van der Waals surface area (Å²) in [6.07, 6.45) is 1.23. The molecule has 2 aromatic rings. The zero-order chi connectivity index (χ0) is 14.3. The summed E-state index contributed by atoms with van der Waals surface area (Å²) in [6.45, 7) is 10.8. The summed E-state index contributed by atoms with van der Waals surface area (Å²) in [4.78, 5) is 0. The Hall–Kier alpha value is -1.56. The number of hydrogen-bond acceptors (Lipinski definition) is 0. The minimum absolute atomic E-state index is 0.704. The van der Waals surface area contributed by atoms with E-state index in [2.05, 4.69) is 83.1 Å². The van der Waals surface area contributed by atoms with Crippen molar-refractivity contribution in [2.75, 3.05) is 0 Å². The van der Waals surface area contributed by atoms with Gasteiger partial charge in [-0.15, -0.1) is 0 Å². The fraction of sp³-hybridized carbons (Fsp3) is 0.368. The van der Waals surface area contributed by atoms with E-state index in [4.69, 9.17) is 0 Å². The third kappa shape index (κ3) is 5.74. The summed E-state index contributed by atoms with van der Waals surface area (Å²) >= 11 is 0. The van der Waals surface area contributed by atoms with Crippen LogP contribution in [0.3, 0.4) is 0 Å². The van der Waals surface area contributed by atoms with Crippen LogP contribution in [0.4, 0.5) is 0 Å². The van der Waals surface area contributed by atoms with E-state index in [1.54, 1.807) is 0 Å². The lowest BCUT2D eigenvalue weighted by Crippen LogP contribution is -1.89. The fourth-order valence-corrected chi connectivity index (χ4v) is 1.77. The van der Waals surface area contributed by atoms with E-state index in [0.717, 1.165) is 0 Å². The van der Waals surface area contributed by atoms with E-state index in [9.17, 15) is 0 Å². The summed E-state index contributed by atoms with van der Waals surface area (Å²) in [5, 5.41) is 0. The number of aryl methyl sites for hydroxylation is 3. The molecule has 0 aromatic heterocycles. The van der Waals surface area contributed by atoms with Crippen LogP contribution in [0.15, 0.2) is 48.5 Å². The Morgan fingerprint density at radius 2 is 1.00 bits per heavy atom. The van der Waals surface area contributed by atoms with Crippen LogP contribution >= 0.6 is 0 Å². The molecule has 2 aromatic carbocycles. The molecule has 0 saturated heterocycles. The normalized spacial score (nSPS) is 11.4. The molecule has 0 aliphatic carbocycles. The van der Waals surface area contributed by atoms with Crippen molar-refractivity contribution in [1.29, 1.82) is 0 Å². The fourth-order valence-electron chi connectivity index (χ4n) is 1.77. The van der Waals surface area contributed by atoms with Crippen LogP contribution in [0.5, 0.6) is 0 Å². The Morgan fingerprint density at radius 1 is 0.684 bits per heavy atom. The van der Waals surface area contributed by atoms with E-state index < -0.39 is 0 Å². The van der Waals surface area contributed by atoms with Crippen LogP contribution in [-0.4, -0.2) is 0 Å². The maximum atomic E-state index is 2.27. The van der Waals surface area contributed by atoms with Gasteiger partial charge in [-0.2, -0.15) is 0 Å². The van der Waals surface area contributed by atoms with E-state index in [1.807, 2.05) is 0 Å². The second kappa shape index (κ2) is 7.78. The quantitative estimate of drug-likeness (QED) is 0.634. The second-order valence-corrected chi connectivity index (χ2v) is 5.37. The predicted molar refractivity (Wildman–Crippen MR) is 85.8 cm³/mol. The minimum atomic E-state index is 0.704. The van der Waals surface area contributed by atoms with Crippen molar-refractivity contribution in [3.05, 3.63) is 70.8 Å². The topological polar surface area (TPSA) is 0 Å². The summed E-state index contributed by atoms with van der Waals surface area (Å²) < 4.78 is 0. The zero-order valence-electron chi connectivity index (χ0n) is 12.9. The number of benzene rings is 2. The molecular formula is C19H26. The summed E-state index contributed by atoms with van der Waals surface area (Å²) in [6, 6.07) is 17.3. The standard InChI is InChI=1S/C11H16.C8H10/c1-4-10(3)11-7-5-9(2)6-8-11;1-7-3-5-8(2)6-4-7/h5-8,10H,4H2,1-3H3;3-6H,1-2H3. The van der Waals surface area contributed by atoms with Gasteiger partial charge in [0.1, 0.15) is 0 Å². The van der Waals surface area contributed by atoms with Crippen molar-refractivity contribution < 1.29 is 0 Å². The van der Waals surface area contributed by atoms with Crippen molar-refractivity contribution in [3.63, 3.8) is 0 Å². The molecule has 0 heterocycles. The van der Waals surface area contributed by atoms with Gasteiger partial charge >= 0.3 is 0 Å². The monoisotopic (exact) mass is 254 g/mol. The van der Waals surface area contributed by atoms with Crippen molar-refractivity contribution in [3.8, 4) is 0 Å². The van der Waals surface area contributed by atoms with Crippen molar-refractivity contribution in [1.82, 2.24) is 0 Å². The summed E-state index contributed by atoms with van der Waals surface area (Å²) in [7, 11) is 0. The van der Waals surface area contributed by atoms with E-state index >= 15 is 0 Å². The minimum Gasteiger partial charge on any atom is -0.0648 e. The molecule has 0 aliphatic rings. The maximum absolute atomic E-state index is 2.27. The Kier molecular flexibility index (Phi) is 6.35. The molecule has 0 aliphatic heterocycles. The molecule has 2 rings (SSSR count). The van der Waals surface area contributed by atoms with Crippen LogP contribution in [0.1, 0.15) is 48.4 Å². The molecule has 0 N–H and O–H groups in total. The van der Waals surface area contributed by atoms with Crippen LogP contribution in [0.25, 0.3) is 0 Å². The first kappa shape index (κ1) is 15.5. The highest BCUT2D eigenvalue weighted by molar-refractivity contribution is 5.23. The van der Waals surface area contributed by atoms with Gasteiger partial charge < -0.3 is 0 Å². The van der Waals surface area contributed by atoms with E-state index in [-0.39, 0.29) is 0 Å². The van der Waals surface area contributed by atoms with Gasteiger partial charge in [0.25, 0.3) is 0 Å². The van der Waals surface area contributed by atoms with Gasteiger partial charge in [-0.05, 0) is 38.7 Å². The molecule has 0 nitrogen and oxygen atoms in total. The lowest BCUT2D eigenvalue weighted by atomic mass is 9.98. The third-order valence-electron chi connectivity index (χ3n) is 3.48. The predicted octanol–water partition coefficient (Wildman–Crippen LogP) is 5.81. The Morgan fingerprint density at radius 3 is 1.32 bits per heavy atom. The molecular weight excluding hydrogens is 228 g/mol. The zero-order valence-corrected chi connectivity index (χ0v) is 12.9. The molecule has 1 atom stereocenters. The van der Waals surface area contributed by atoms with Gasteiger partial charge in [0, 0.05) is 0 Å². The van der Waals surface area contributed by atoms with Crippen LogP contribution in [0, 0.1) is 20.8 Å². The summed E-state index contributed by atoms with van der Waals surface area (Å²) in [5.41, 5.74) is 5.46. The molecule has 0 heteroatoms. The molecule has 19 heavy (non-hydrogen) atoms. The van der Waals surface area contributed by atoms with Gasteiger partial charge in [-0.25, -0.2) is 0 Å². The first-order valence-corrected chi connectivity index (χ1v) is 7.12. The Balaban J connectivity index is 0.000000200. The van der Waals surface area contributed by atoms with Crippen LogP contribution < -0.4 is 0 Å². The highest BCUT2D eigenvalue weighted by Gasteiger charge is 2.00. The maximum Gasteiger partial charge on any atom is -0.0193 e. The highest BCUT2D eigenvalue weighted by Crippen LogP contribution is 2.18. The van der Waals surface area contributed by atoms with Gasteiger partial charge in [-0.1, -0.05) is 79.1 Å². The largest absolute Gasteiger partial charge is 0.0648 e. The number of rotatable bonds is 2. The molecule has 0 saturated carbocycles. The lowest BCUT2D eigenvalue weighted by molar-refractivity contribution is 0.733. The molecule has 0 amide bonds. The van der Waals surface area contributed by atoms with E-state index in [1.165, 1.54) is 28.7 Å². The Bertz CT molecular complexity index is 441. The van der Waals surface area contributed by atoms with Crippen LogP contribution in [0.2, 0.25) is 0 Å². The van der Waals surface area contributed by atoms with Gasteiger partial charge in [-0.3, -0.25) is 0 Å². The van der Waals surface area contributed by atoms with E-state index in [0.29, 0.717) is 5.92 Å². The average Bonchev–Trinajstić information content (AvgIpc) is 2.43. The number of hydrogen-bond donors (Lipinski definition) is 0. The Labute approximate surface area is 118 Å². The molecule has 1 unspecified atom stereocenters. The molecule has 102 valence electrons. The highest BCUT2D eigenvalue weighted by atomic mass is 14.1. The third-order valence-corrected chi connectivity index (χ3v) is 3.48. The molecule has 0 spiro atoms. The van der Waals surface area contributed by atoms with Crippen molar-refractivity contribution >= 4 is 0 Å². The first-order valence-electron chi connectivity index (χ1n) is 7.12.